The van der Waals surface area contributed by atoms with Crippen molar-refractivity contribution in [2.45, 2.75) is 6.92 Å². The highest BCUT2D eigenvalue weighted by molar-refractivity contribution is 9.10. The van der Waals surface area contributed by atoms with E-state index in [4.69, 9.17) is 0 Å². The summed E-state index contributed by atoms with van der Waals surface area (Å²) in [5.74, 6) is 0. The minimum atomic E-state index is 1.00. The first-order valence-electron chi connectivity index (χ1n) is 6.52. The van der Waals surface area contributed by atoms with Crippen LogP contribution < -0.4 is 0 Å². The van der Waals surface area contributed by atoms with Crippen LogP contribution >= 0.6 is 15.9 Å². The maximum absolute atomic E-state index is 4.43. The molecule has 1 aromatic heterocycles. The maximum atomic E-state index is 4.43. The second-order valence-electron chi connectivity index (χ2n) is 4.78. The fourth-order valence-corrected chi connectivity index (χ4v) is 2.83. The van der Waals surface area contributed by atoms with Crippen molar-refractivity contribution in [3.8, 4) is 22.4 Å². The molecule has 0 saturated carbocycles. The molecular weight excluding hydrogens is 310 g/mol. The molecule has 0 unspecified atom stereocenters. The summed E-state index contributed by atoms with van der Waals surface area (Å²) in [6.45, 7) is 2.08. The summed E-state index contributed by atoms with van der Waals surface area (Å²) in [4.78, 5) is 4.43. The Kier molecular flexibility index (Phi) is 3.66. The summed E-state index contributed by atoms with van der Waals surface area (Å²) in [5.41, 5.74) is 5.76. The Bertz CT molecular complexity index is 735. The van der Waals surface area contributed by atoms with Crippen molar-refractivity contribution in [3.63, 3.8) is 0 Å². The van der Waals surface area contributed by atoms with Crippen LogP contribution in [0.1, 0.15) is 5.56 Å². The van der Waals surface area contributed by atoms with Gasteiger partial charge in [0.2, 0.25) is 0 Å². The van der Waals surface area contributed by atoms with Crippen LogP contribution in [-0.2, 0) is 0 Å². The van der Waals surface area contributed by atoms with Crippen molar-refractivity contribution in [1.82, 2.24) is 4.98 Å². The number of hydrogen-bond acceptors (Lipinski definition) is 1. The Hall–Kier alpha value is -1.93. The van der Waals surface area contributed by atoms with Crippen molar-refractivity contribution in [2.24, 2.45) is 0 Å². The molecule has 0 bridgehead atoms. The summed E-state index contributed by atoms with van der Waals surface area (Å²) >= 11 is 3.67. The Morgan fingerprint density at radius 1 is 0.850 bits per heavy atom. The third-order valence-corrected chi connectivity index (χ3v) is 3.92. The molecule has 0 saturated heterocycles. The Morgan fingerprint density at radius 3 is 2.35 bits per heavy atom. The average Bonchev–Trinajstić information content (AvgIpc) is 2.48. The standard InChI is InChI=1S/C18H14BrN/c1-13-9-10-20-18(11-13)15-7-8-16(17(19)12-15)14-5-3-2-4-6-14/h2-12H,1H3. The lowest BCUT2D eigenvalue weighted by Gasteiger charge is -2.08. The van der Waals surface area contributed by atoms with Gasteiger partial charge in [0.1, 0.15) is 0 Å². The van der Waals surface area contributed by atoms with Gasteiger partial charge in [-0.1, -0.05) is 58.4 Å². The van der Waals surface area contributed by atoms with Gasteiger partial charge in [-0.3, -0.25) is 4.98 Å². The summed E-state index contributed by atoms with van der Waals surface area (Å²) in [7, 11) is 0. The van der Waals surface area contributed by atoms with Crippen molar-refractivity contribution >= 4 is 15.9 Å². The molecule has 0 aliphatic rings. The number of hydrogen-bond donors (Lipinski definition) is 0. The second-order valence-corrected chi connectivity index (χ2v) is 5.63. The first kappa shape index (κ1) is 13.1. The molecule has 2 heteroatoms. The van der Waals surface area contributed by atoms with Gasteiger partial charge in [0.25, 0.3) is 0 Å². The van der Waals surface area contributed by atoms with Gasteiger partial charge in [-0.05, 0) is 41.8 Å². The predicted octanol–water partition coefficient (Wildman–Crippen LogP) is 5.49. The van der Waals surface area contributed by atoms with Crippen molar-refractivity contribution in [2.75, 3.05) is 0 Å². The van der Waals surface area contributed by atoms with Gasteiger partial charge < -0.3 is 0 Å². The Morgan fingerprint density at radius 2 is 1.65 bits per heavy atom. The molecule has 0 amide bonds. The summed E-state index contributed by atoms with van der Waals surface area (Å²) in [6, 6.07) is 20.9. The number of pyridine rings is 1. The van der Waals surface area contributed by atoms with Crippen LogP contribution in [0.15, 0.2) is 71.3 Å². The molecule has 0 radical (unpaired) electrons. The van der Waals surface area contributed by atoms with E-state index < -0.39 is 0 Å². The summed E-state index contributed by atoms with van der Waals surface area (Å²) in [5, 5.41) is 0. The van der Waals surface area contributed by atoms with E-state index in [1.165, 1.54) is 16.7 Å². The molecular formula is C18H14BrN. The lowest BCUT2D eigenvalue weighted by molar-refractivity contribution is 1.28. The van der Waals surface area contributed by atoms with Gasteiger partial charge in [0, 0.05) is 16.2 Å². The van der Waals surface area contributed by atoms with Crippen LogP contribution in [0.3, 0.4) is 0 Å². The zero-order chi connectivity index (χ0) is 13.9. The largest absolute Gasteiger partial charge is 0.256 e. The molecule has 3 rings (SSSR count). The third-order valence-electron chi connectivity index (χ3n) is 3.27. The third kappa shape index (κ3) is 2.66. The van der Waals surface area contributed by atoms with E-state index >= 15 is 0 Å². The number of rotatable bonds is 2. The molecule has 0 fully saturated rings. The molecule has 3 aromatic rings. The summed E-state index contributed by atoms with van der Waals surface area (Å²) < 4.78 is 1.09. The Balaban J connectivity index is 2.04. The quantitative estimate of drug-likeness (QED) is 0.608. The Labute approximate surface area is 127 Å². The maximum Gasteiger partial charge on any atom is 0.0704 e. The van der Waals surface area contributed by atoms with Crippen LogP contribution in [0, 0.1) is 6.92 Å². The average molecular weight is 324 g/mol. The molecule has 0 spiro atoms. The monoisotopic (exact) mass is 323 g/mol. The molecule has 1 nitrogen and oxygen atoms in total. The smallest absolute Gasteiger partial charge is 0.0704 e. The molecule has 0 atom stereocenters. The minimum Gasteiger partial charge on any atom is -0.256 e. The van der Waals surface area contributed by atoms with Crippen molar-refractivity contribution < 1.29 is 0 Å². The first-order chi connectivity index (χ1) is 9.74. The SMILES string of the molecule is Cc1ccnc(-c2ccc(-c3ccccc3)c(Br)c2)c1. The second kappa shape index (κ2) is 5.59. The van der Waals surface area contributed by atoms with Gasteiger partial charge in [0.05, 0.1) is 5.69 Å². The zero-order valence-electron chi connectivity index (χ0n) is 11.2. The number of nitrogens with zero attached hydrogens (tertiary/aromatic N) is 1. The number of aromatic nitrogens is 1. The van der Waals surface area contributed by atoms with Gasteiger partial charge in [-0.15, -0.1) is 0 Å². The topological polar surface area (TPSA) is 12.9 Å². The highest BCUT2D eigenvalue weighted by Gasteiger charge is 2.06. The fourth-order valence-electron chi connectivity index (χ4n) is 2.22. The van der Waals surface area contributed by atoms with E-state index in [1.807, 2.05) is 18.3 Å². The number of benzene rings is 2. The number of halogens is 1. The van der Waals surface area contributed by atoms with Crippen LogP contribution in [0.5, 0.6) is 0 Å². The van der Waals surface area contributed by atoms with E-state index in [-0.39, 0.29) is 0 Å². The molecule has 20 heavy (non-hydrogen) atoms. The van der Waals surface area contributed by atoms with Crippen LogP contribution in [0.25, 0.3) is 22.4 Å². The summed E-state index contributed by atoms with van der Waals surface area (Å²) in [6.07, 6.45) is 1.85. The molecule has 2 aromatic carbocycles. The van der Waals surface area contributed by atoms with E-state index in [1.54, 1.807) is 0 Å². The molecule has 98 valence electrons. The van der Waals surface area contributed by atoms with Gasteiger partial charge in [-0.2, -0.15) is 0 Å². The molecule has 0 aliphatic heterocycles. The lowest BCUT2D eigenvalue weighted by atomic mass is 10.0. The highest BCUT2D eigenvalue weighted by Crippen LogP contribution is 2.31. The van der Waals surface area contributed by atoms with Crippen molar-refractivity contribution in [3.05, 3.63) is 76.9 Å². The van der Waals surface area contributed by atoms with E-state index in [0.717, 1.165) is 15.7 Å². The zero-order valence-corrected chi connectivity index (χ0v) is 12.8. The van der Waals surface area contributed by atoms with Crippen LogP contribution in [0.4, 0.5) is 0 Å². The minimum absolute atomic E-state index is 1.00. The van der Waals surface area contributed by atoms with E-state index in [9.17, 15) is 0 Å². The van der Waals surface area contributed by atoms with Gasteiger partial charge in [0.15, 0.2) is 0 Å². The lowest BCUT2D eigenvalue weighted by Crippen LogP contribution is -1.86. The van der Waals surface area contributed by atoms with E-state index in [2.05, 4.69) is 76.4 Å². The van der Waals surface area contributed by atoms with Crippen LogP contribution in [-0.4, -0.2) is 4.98 Å². The van der Waals surface area contributed by atoms with Gasteiger partial charge in [-0.25, -0.2) is 0 Å². The predicted molar refractivity (Wildman–Crippen MR) is 87.5 cm³/mol. The van der Waals surface area contributed by atoms with Crippen molar-refractivity contribution in [1.29, 1.82) is 0 Å². The van der Waals surface area contributed by atoms with Gasteiger partial charge >= 0.3 is 0 Å². The van der Waals surface area contributed by atoms with Crippen LogP contribution in [0.2, 0.25) is 0 Å². The number of aryl methyl sites for hydroxylation is 1. The first-order valence-corrected chi connectivity index (χ1v) is 7.31. The highest BCUT2D eigenvalue weighted by atomic mass is 79.9. The molecule has 0 N–H and O–H groups in total. The molecule has 1 heterocycles. The fraction of sp³-hybridized carbons (Fsp3) is 0.0556. The molecule has 0 aliphatic carbocycles. The normalized spacial score (nSPS) is 10.5. The van der Waals surface area contributed by atoms with E-state index in [0.29, 0.717) is 0 Å².